The van der Waals surface area contributed by atoms with Crippen LogP contribution in [0.2, 0.25) is 5.15 Å². The second-order valence-electron chi connectivity index (χ2n) is 2.97. The Balaban J connectivity index is 2.78. The summed E-state index contributed by atoms with van der Waals surface area (Å²) in [6, 6.07) is 4.68. The van der Waals surface area contributed by atoms with Gasteiger partial charge in [-0.1, -0.05) is 17.7 Å². The van der Waals surface area contributed by atoms with E-state index in [9.17, 15) is 13.2 Å². The minimum absolute atomic E-state index is 0.145. The molecule has 1 aromatic carbocycles. The monoisotopic (exact) mass is 310 g/mol. The van der Waals surface area contributed by atoms with Crippen LogP contribution in [0.1, 0.15) is 5.69 Å². The third kappa shape index (κ3) is 1.99. The van der Waals surface area contributed by atoms with Crippen LogP contribution in [0.3, 0.4) is 0 Å². The van der Waals surface area contributed by atoms with Gasteiger partial charge in [-0.2, -0.15) is 13.2 Å². The highest BCUT2D eigenvalue weighted by Gasteiger charge is 2.36. The van der Waals surface area contributed by atoms with Crippen LogP contribution in [0.15, 0.2) is 22.7 Å². The van der Waals surface area contributed by atoms with Crippen LogP contribution in [0, 0.1) is 0 Å². The van der Waals surface area contributed by atoms with Gasteiger partial charge in [0.05, 0.1) is 5.52 Å². The van der Waals surface area contributed by atoms with Gasteiger partial charge in [0, 0.05) is 4.47 Å². The fourth-order valence-electron chi connectivity index (χ4n) is 1.20. The fraction of sp³-hybridized carbons (Fsp3) is 0.111. The van der Waals surface area contributed by atoms with Crippen molar-refractivity contribution in [1.82, 2.24) is 9.97 Å². The summed E-state index contributed by atoms with van der Waals surface area (Å²) < 4.78 is 38.0. The lowest BCUT2D eigenvalue weighted by molar-refractivity contribution is -0.141. The molecule has 2 nitrogen and oxygen atoms in total. The molecule has 0 atom stereocenters. The molecule has 7 heteroatoms. The van der Waals surface area contributed by atoms with Crippen LogP contribution in [0.5, 0.6) is 0 Å². The van der Waals surface area contributed by atoms with Gasteiger partial charge in [0.25, 0.3) is 0 Å². The van der Waals surface area contributed by atoms with Crippen molar-refractivity contribution >= 4 is 38.6 Å². The number of hydrogen-bond acceptors (Lipinski definition) is 2. The number of aromatic nitrogens is 2. The SMILES string of the molecule is FC(F)(F)c1nc2cccc(Br)c2nc1Cl. The van der Waals surface area contributed by atoms with Crippen molar-refractivity contribution in [1.29, 1.82) is 0 Å². The molecule has 2 aromatic rings. The Morgan fingerprint density at radius 3 is 2.50 bits per heavy atom. The number of nitrogens with zero attached hydrogens (tertiary/aromatic N) is 2. The maximum atomic E-state index is 12.5. The van der Waals surface area contributed by atoms with Crippen molar-refractivity contribution in [2.45, 2.75) is 6.18 Å². The number of benzene rings is 1. The van der Waals surface area contributed by atoms with Crippen molar-refractivity contribution in [3.05, 3.63) is 33.5 Å². The van der Waals surface area contributed by atoms with Gasteiger partial charge in [0.15, 0.2) is 10.8 Å². The van der Waals surface area contributed by atoms with E-state index in [1.165, 1.54) is 6.07 Å². The van der Waals surface area contributed by atoms with Crippen LogP contribution >= 0.6 is 27.5 Å². The fourth-order valence-corrected chi connectivity index (χ4v) is 1.88. The predicted molar refractivity (Wildman–Crippen MR) is 57.3 cm³/mol. The van der Waals surface area contributed by atoms with Crippen LogP contribution in [0.25, 0.3) is 11.0 Å². The molecule has 0 aliphatic rings. The first-order valence-corrected chi connectivity index (χ1v) is 5.25. The Labute approximate surface area is 102 Å². The highest BCUT2D eigenvalue weighted by Crippen LogP contribution is 2.34. The van der Waals surface area contributed by atoms with E-state index < -0.39 is 17.0 Å². The Morgan fingerprint density at radius 2 is 1.88 bits per heavy atom. The summed E-state index contributed by atoms with van der Waals surface area (Å²) in [7, 11) is 0. The first kappa shape index (κ1) is 11.6. The summed E-state index contributed by atoms with van der Waals surface area (Å²) in [4.78, 5) is 7.14. The van der Waals surface area contributed by atoms with E-state index in [-0.39, 0.29) is 5.52 Å². The third-order valence-corrected chi connectivity index (χ3v) is 2.78. The number of fused-ring (bicyclic) bond motifs is 1. The zero-order valence-electron chi connectivity index (χ0n) is 7.52. The molecule has 16 heavy (non-hydrogen) atoms. The molecule has 2 rings (SSSR count). The van der Waals surface area contributed by atoms with Crippen molar-refractivity contribution in [3.63, 3.8) is 0 Å². The summed E-state index contributed by atoms with van der Waals surface area (Å²) in [6.45, 7) is 0. The first-order chi connectivity index (χ1) is 7.39. The van der Waals surface area contributed by atoms with Crippen molar-refractivity contribution < 1.29 is 13.2 Å². The number of rotatable bonds is 0. The smallest absolute Gasteiger partial charge is 0.239 e. The molecule has 84 valence electrons. The van der Waals surface area contributed by atoms with Crippen molar-refractivity contribution in [3.8, 4) is 0 Å². The average Bonchev–Trinajstić information content (AvgIpc) is 2.17. The quantitative estimate of drug-likeness (QED) is 0.733. The zero-order chi connectivity index (χ0) is 11.9. The van der Waals surface area contributed by atoms with Gasteiger partial charge in [0.2, 0.25) is 0 Å². The van der Waals surface area contributed by atoms with E-state index in [4.69, 9.17) is 11.6 Å². The normalized spacial score (nSPS) is 12.1. The molecular formula is C9H3BrClF3N2. The van der Waals surface area contributed by atoms with E-state index in [0.717, 1.165) is 0 Å². The Kier molecular flexibility index (Phi) is 2.79. The summed E-state index contributed by atoms with van der Waals surface area (Å²) >= 11 is 8.61. The van der Waals surface area contributed by atoms with Crippen LogP contribution < -0.4 is 0 Å². The molecule has 0 amide bonds. The summed E-state index contributed by atoms with van der Waals surface area (Å²) in [5.41, 5.74) is -0.716. The van der Waals surface area contributed by atoms with Gasteiger partial charge in [-0.15, -0.1) is 0 Å². The Hall–Kier alpha value is -0.880. The molecule has 1 aromatic heterocycles. The highest BCUT2D eigenvalue weighted by molar-refractivity contribution is 9.10. The molecule has 0 bridgehead atoms. The summed E-state index contributed by atoms with van der Waals surface area (Å²) in [5.74, 6) is 0. The third-order valence-electron chi connectivity index (χ3n) is 1.87. The molecule has 0 aliphatic carbocycles. The molecule has 0 spiro atoms. The Bertz CT molecular complexity index is 556. The molecule has 0 N–H and O–H groups in total. The first-order valence-electron chi connectivity index (χ1n) is 4.08. The molecular weight excluding hydrogens is 308 g/mol. The molecule has 1 heterocycles. The minimum atomic E-state index is -4.60. The maximum absolute atomic E-state index is 12.5. The summed E-state index contributed by atoms with van der Waals surface area (Å²) in [6.07, 6.45) is -4.60. The van der Waals surface area contributed by atoms with Gasteiger partial charge in [-0.05, 0) is 28.1 Å². The van der Waals surface area contributed by atoms with Gasteiger partial charge in [-0.25, -0.2) is 9.97 Å². The van der Waals surface area contributed by atoms with E-state index in [1.54, 1.807) is 12.1 Å². The van der Waals surface area contributed by atoms with Gasteiger partial charge in [0.1, 0.15) is 5.52 Å². The molecule has 0 fully saturated rings. The maximum Gasteiger partial charge on any atom is 0.436 e. The topological polar surface area (TPSA) is 25.8 Å². The minimum Gasteiger partial charge on any atom is -0.239 e. The second-order valence-corrected chi connectivity index (χ2v) is 4.18. The van der Waals surface area contributed by atoms with Crippen LogP contribution in [-0.2, 0) is 6.18 Å². The van der Waals surface area contributed by atoms with Crippen LogP contribution in [-0.4, -0.2) is 9.97 Å². The highest BCUT2D eigenvalue weighted by atomic mass is 79.9. The van der Waals surface area contributed by atoms with Crippen molar-refractivity contribution in [2.75, 3.05) is 0 Å². The van der Waals surface area contributed by atoms with E-state index in [2.05, 4.69) is 25.9 Å². The van der Waals surface area contributed by atoms with Crippen molar-refractivity contribution in [2.24, 2.45) is 0 Å². The van der Waals surface area contributed by atoms with E-state index >= 15 is 0 Å². The number of hydrogen-bond donors (Lipinski definition) is 0. The number of halogens is 5. The van der Waals surface area contributed by atoms with Gasteiger partial charge in [-0.3, -0.25) is 0 Å². The summed E-state index contributed by atoms with van der Waals surface area (Å²) in [5, 5.41) is -0.646. The lowest BCUT2D eigenvalue weighted by Gasteiger charge is -2.08. The lowest BCUT2D eigenvalue weighted by atomic mass is 10.3. The molecule has 0 radical (unpaired) electrons. The largest absolute Gasteiger partial charge is 0.436 e. The molecule has 0 saturated carbocycles. The van der Waals surface area contributed by atoms with Gasteiger partial charge >= 0.3 is 6.18 Å². The predicted octanol–water partition coefficient (Wildman–Crippen LogP) is 4.06. The zero-order valence-corrected chi connectivity index (χ0v) is 9.86. The average molecular weight is 311 g/mol. The van der Waals surface area contributed by atoms with Gasteiger partial charge < -0.3 is 0 Å². The van der Waals surface area contributed by atoms with E-state index in [1.807, 2.05) is 0 Å². The number of para-hydroxylation sites is 1. The Morgan fingerprint density at radius 1 is 1.19 bits per heavy atom. The molecule has 0 saturated heterocycles. The molecule has 0 aliphatic heterocycles. The standard InChI is InChI=1S/C9H3BrClF3N2/c10-4-2-1-3-5-6(4)16-8(11)7(15-5)9(12,13)14/h1-3H. The lowest BCUT2D eigenvalue weighted by Crippen LogP contribution is -2.10. The second kappa shape index (κ2) is 3.85. The van der Waals surface area contributed by atoms with E-state index in [0.29, 0.717) is 9.99 Å². The number of alkyl halides is 3. The van der Waals surface area contributed by atoms with Crippen LogP contribution in [0.4, 0.5) is 13.2 Å². The molecule has 0 unspecified atom stereocenters.